The largest absolute Gasteiger partial charge is 0.423 e. The van der Waals surface area contributed by atoms with Crippen LogP contribution in [-0.4, -0.2) is 17.7 Å². The van der Waals surface area contributed by atoms with Gasteiger partial charge in [-0.3, -0.25) is 0 Å². The van der Waals surface area contributed by atoms with Crippen molar-refractivity contribution in [2.45, 2.75) is 0 Å². The summed E-state index contributed by atoms with van der Waals surface area (Å²) < 4.78 is 4.69. The molecule has 0 atom stereocenters. The maximum absolute atomic E-state index is 10.5. The zero-order valence-corrected chi connectivity index (χ0v) is 5.86. The van der Waals surface area contributed by atoms with Crippen molar-refractivity contribution in [2.75, 3.05) is 6.61 Å². The van der Waals surface area contributed by atoms with Crippen LogP contribution in [0.25, 0.3) is 0 Å². The van der Waals surface area contributed by atoms with E-state index in [2.05, 4.69) is 4.74 Å². The Morgan fingerprint density at radius 2 is 2.36 bits per heavy atom. The quantitative estimate of drug-likeness (QED) is 0.587. The van der Waals surface area contributed by atoms with E-state index >= 15 is 0 Å². The van der Waals surface area contributed by atoms with E-state index in [1.807, 2.05) is 0 Å². The van der Waals surface area contributed by atoms with Gasteiger partial charge < -0.3 is 9.84 Å². The predicted octanol–water partition coefficient (Wildman–Crippen LogP) is 0.532. The zero-order valence-electron chi connectivity index (χ0n) is 5.86. The van der Waals surface area contributed by atoms with Crippen molar-refractivity contribution >= 4 is 5.97 Å². The lowest BCUT2D eigenvalue weighted by Gasteiger charge is -1.90. The molecule has 3 heteroatoms. The maximum Gasteiger partial charge on any atom is 0.336 e. The minimum atomic E-state index is -0.353. The molecule has 1 heterocycles. The molecule has 1 rings (SSSR count). The molecule has 0 radical (unpaired) electrons. The van der Waals surface area contributed by atoms with Gasteiger partial charge in [-0.05, 0) is 12.2 Å². The average Bonchev–Trinajstić information content (AvgIpc) is 2.37. The predicted molar refractivity (Wildman–Crippen MR) is 39.5 cm³/mol. The summed E-state index contributed by atoms with van der Waals surface area (Å²) >= 11 is 0. The molecule has 0 saturated carbocycles. The van der Waals surface area contributed by atoms with Crippen LogP contribution < -0.4 is 0 Å². The molecule has 0 aromatic heterocycles. The highest BCUT2D eigenvalue weighted by Gasteiger charge is 2.06. The molecule has 0 fully saturated rings. The Bertz CT molecular complexity index is 236. The molecule has 0 spiro atoms. The molecule has 0 bridgehead atoms. The van der Waals surface area contributed by atoms with Crippen molar-refractivity contribution < 1.29 is 14.6 Å². The third-order valence-corrected chi connectivity index (χ3v) is 1.10. The first-order valence-corrected chi connectivity index (χ1v) is 3.20. The van der Waals surface area contributed by atoms with Crippen molar-refractivity contribution in [3.63, 3.8) is 0 Å². The number of rotatable bonds is 2. The van der Waals surface area contributed by atoms with Gasteiger partial charge in [-0.2, -0.15) is 0 Å². The van der Waals surface area contributed by atoms with Crippen LogP contribution in [0.1, 0.15) is 0 Å². The van der Waals surface area contributed by atoms with Crippen molar-refractivity contribution in [1.29, 1.82) is 0 Å². The topological polar surface area (TPSA) is 46.5 Å². The monoisotopic (exact) mass is 152 g/mol. The number of esters is 1. The number of cyclic esters (lactones) is 1. The Kier molecular flexibility index (Phi) is 2.63. The third kappa shape index (κ3) is 2.39. The molecule has 3 nitrogen and oxygen atoms in total. The number of allylic oxidation sites excluding steroid dienone is 3. The highest BCUT2D eigenvalue weighted by atomic mass is 16.5. The first kappa shape index (κ1) is 7.75. The van der Waals surface area contributed by atoms with Gasteiger partial charge in [0.25, 0.3) is 0 Å². The van der Waals surface area contributed by atoms with Crippen LogP contribution in [0.3, 0.4) is 0 Å². The van der Waals surface area contributed by atoms with Crippen LogP contribution in [0.15, 0.2) is 36.1 Å². The number of carbonyl (C=O) groups excluding carboxylic acids is 1. The number of ether oxygens (including phenoxy) is 1. The minimum absolute atomic E-state index is 0.0125. The van der Waals surface area contributed by atoms with Crippen LogP contribution >= 0.6 is 0 Å². The zero-order chi connectivity index (χ0) is 8.10. The molecular formula is C8H8O3. The van der Waals surface area contributed by atoms with Gasteiger partial charge in [0.1, 0.15) is 5.76 Å². The molecule has 0 unspecified atom stereocenters. The van der Waals surface area contributed by atoms with Gasteiger partial charge in [0.05, 0.1) is 6.61 Å². The molecule has 1 aliphatic heterocycles. The highest BCUT2D eigenvalue weighted by molar-refractivity contribution is 5.86. The number of hydrogen-bond acceptors (Lipinski definition) is 3. The molecular weight excluding hydrogens is 144 g/mol. The van der Waals surface area contributed by atoms with Gasteiger partial charge in [-0.15, -0.1) is 0 Å². The summed E-state index contributed by atoms with van der Waals surface area (Å²) in [6.07, 6.45) is 7.70. The molecule has 11 heavy (non-hydrogen) atoms. The molecule has 58 valence electrons. The van der Waals surface area contributed by atoms with E-state index in [0.29, 0.717) is 5.76 Å². The molecule has 0 aromatic carbocycles. The summed E-state index contributed by atoms with van der Waals surface area (Å²) in [5.41, 5.74) is 0. The first-order chi connectivity index (χ1) is 5.33. The SMILES string of the molecule is O=C1C=C/C(=C\C=C\CO)O1. The lowest BCUT2D eigenvalue weighted by atomic mass is 10.4. The minimum Gasteiger partial charge on any atom is -0.423 e. The van der Waals surface area contributed by atoms with E-state index in [1.54, 1.807) is 24.3 Å². The van der Waals surface area contributed by atoms with Gasteiger partial charge in [-0.1, -0.05) is 12.2 Å². The number of hydrogen-bond donors (Lipinski definition) is 1. The summed E-state index contributed by atoms with van der Waals surface area (Å²) in [5, 5.41) is 8.35. The normalized spacial score (nSPS) is 20.1. The smallest absolute Gasteiger partial charge is 0.336 e. The van der Waals surface area contributed by atoms with E-state index in [4.69, 9.17) is 5.11 Å². The number of carbonyl (C=O) groups is 1. The second-order valence-corrected chi connectivity index (χ2v) is 1.93. The van der Waals surface area contributed by atoms with Crippen LogP contribution in [0.4, 0.5) is 0 Å². The van der Waals surface area contributed by atoms with Gasteiger partial charge >= 0.3 is 5.97 Å². The molecule has 0 aliphatic carbocycles. The van der Waals surface area contributed by atoms with Crippen molar-refractivity contribution in [2.24, 2.45) is 0 Å². The summed E-state index contributed by atoms with van der Waals surface area (Å²) in [5.74, 6) is 0.147. The van der Waals surface area contributed by atoms with E-state index in [0.717, 1.165) is 0 Å². The second kappa shape index (κ2) is 3.73. The first-order valence-electron chi connectivity index (χ1n) is 3.20. The van der Waals surface area contributed by atoms with Crippen LogP contribution in [0.5, 0.6) is 0 Å². The van der Waals surface area contributed by atoms with E-state index in [-0.39, 0.29) is 12.6 Å². The van der Waals surface area contributed by atoms with Crippen LogP contribution in [-0.2, 0) is 9.53 Å². The fourth-order valence-electron chi connectivity index (χ4n) is 0.648. The van der Waals surface area contributed by atoms with E-state index in [9.17, 15) is 4.79 Å². The van der Waals surface area contributed by atoms with Gasteiger partial charge in [-0.25, -0.2) is 4.79 Å². The van der Waals surface area contributed by atoms with E-state index in [1.165, 1.54) is 6.08 Å². The highest BCUT2D eigenvalue weighted by Crippen LogP contribution is 2.08. The van der Waals surface area contributed by atoms with Gasteiger partial charge in [0.2, 0.25) is 0 Å². The lowest BCUT2D eigenvalue weighted by molar-refractivity contribution is -0.132. The Hall–Kier alpha value is -1.35. The Morgan fingerprint density at radius 3 is 2.91 bits per heavy atom. The fourth-order valence-corrected chi connectivity index (χ4v) is 0.648. The molecule has 0 aromatic rings. The van der Waals surface area contributed by atoms with Crippen LogP contribution in [0, 0.1) is 0 Å². The summed E-state index contributed by atoms with van der Waals surface area (Å²) in [7, 11) is 0. The average molecular weight is 152 g/mol. The van der Waals surface area contributed by atoms with Gasteiger partial charge in [0.15, 0.2) is 0 Å². The van der Waals surface area contributed by atoms with Gasteiger partial charge in [0, 0.05) is 6.08 Å². The van der Waals surface area contributed by atoms with E-state index < -0.39 is 0 Å². The maximum atomic E-state index is 10.5. The standard InChI is InChI=1S/C8H8O3/c9-6-2-1-3-7-4-5-8(10)11-7/h1-5,9H,6H2/b2-1+,7-3+. The van der Waals surface area contributed by atoms with Crippen molar-refractivity contribution in [3.8, 4) is 0 Å². The second-order valence-electron chi connectivity index (χ2n) is 1.93. The Labute approximate surface area is 64.3 Å². The Morgan fingerprint density at radius 1 is 1.55 bits per heavy atom. The number of aliphatic hydroxyl groups excluding tert-OH is 1. The Balaban J connectivity index is 2.50. The van der Waals surface area contributed by atoms with Crippen molar-refractivity contribution in [1.82, 2.24) is 0 Å². The molecule has 0 amide bonds. The number of aliphatic hydroxyl groups is 1. The molecule has 1 N–H and O–H groups in total. The molecule has 0 saturated heterocycles. The summed E-state index contributed by atoms with van der Waals surface area (Å²) in [6.45, 7) is -0.0125. The summed E-state index contributed by atoms with van der Waals surface area (Å²) in [4.78, 5) is 10.5. The lowest BCUT2D eigenvalue weighted by Crippen LogP contribution is -1.89. The summed E-state index contributed by atoms with van der Waals surface area (Å²) in [6, 6.07) is 0. The fraction of sp³-hybridized carbons (Fsp3) is 0.125. The van der Waals surface area contributed by atoms with Crippen LogP contribution in [0.2, 0.25) is 0 Å². The molecule has 1 aliphatic rings. The third-order valence-electron chi connectivity index (χ3n) is 1.10. The van der Waals surface area contributed by atoms with Crippen molar-refractivity contribution in [3.05, 3.63) is 36.1 Å².